The van der Waals surface area contributed by atoms with Crippen LogP contribution in [0.4, 0.5) is 0 Å². The van der Waals surface area contributed by atoms with Crippen molar-refractivity contribution in [1.29, 1.82) is 0 Å². The van der Waals surface area contributed by atoms with Crippen LogP contribution in [0.3, 0.4) is 0 Å². The number of amides is 2. The number of piperazine rings is 1. The van der Waals surface area contributed by atoms with E-state index in [-0.39, 0.29) is 17.9 Å². The predicted molar refractivity (Wildman–Crippen MR) is 77.0 cm³/mol. The molecule has 0 aromatic heterocycles. The van der Waals surface area contributed by atoms with Crippen LogP contribution >= 0.6 is 0 Å². The summed E-state index contributed by atoms with van der Waals surface area (Å²) in [5.41, 5.74) is -0.643. The van der Waals surface area contributed by atoms with E-state index in [9.17, 15) is 9.59 Å². The Bertz CT molecular complexity index is 428. The molecule has 0 aromatic carbocycles. The molecule has 0 spiro atoms. The van der Waals surface area contributed by atoms with Gasteiger partial charge in [0.25, 0.3) is 0 Å². The number of nitrogens with one attached hydrogen (secondary N) is 1. The van der Waals surface area contributed by atoms with Crippen molar-refractivity contribution in [2.75, 3.05) is 6.54 Å². The highest BCUT2D eigenvalue weighted by molar-refractivity contribution is 6.00. The Morgan fingerprint density at radius 3 is 2.45 bits per heavy atom. The number of nitrogens with zero attached hydrogens (tertiary/aromatic N) is 1. The molecule has 3 rings (SSSR count). The van der Waals surface area contributed by atoms with Crippen LogP contribution < -0.4 is 5.32 Å². The van der Waals surface area contributed by atoms with Gasteiger partial charge in [-0.1, -0.05) is 20.3 Å². The first kappa shape index (κ1) is 13.9. The Kier molecular flexibility index (Phi) is 3.30. The van der Waals surface area contributed by atoms with Gasteiger partial charge in [-0.2, -0.15) is 0 Å². The molecule has 2 amide bonds. The molecule has 3 aliphatic rings. The Morgan fingerprint density at radius 2 is 1.95 bits per heavy atom. The average molecular weight is 278 g/mol. The second kappa shape index (κ2) is 4.74. The third-order valence-electron chi connectivity index (χ3n) is 5.36. The molecule has 0 radical (unpaired) electrons. The summed E-state index contributed by atoms with van der Waals surface area (Å²) in [5.74, 6) is 1.45. The van der Waals surface area contributed by atoms with Crippen LogP contribution in [0.2, 0.25) is 0 Å². The molecule has 3 atom stereocenters. The van der Waals surface area contributed by atoms with Crippen LogP contribution in [0.5, 0.6) is 0 Å². The zero-order valence-electron chi connectivity index (χ0n) is 12.8. The van der Waals surface area contributed by atoms with E-state index in [2.05, 4.69) is 19.2 Å². The van der Waals surface area contributed by atoms with Crippen LogP contribution in [0.15, 0.2) is 0 Å². The van der Waals surface area contributed by atoms with Gasteiger partial charge >= 0.3 is 0 Å². The largest absolute Gasteiger partial charge is 0.340 e. The smallest absolute Gasteiger partial charge is 0.249 e. The summed E-state index contributed by atoms with van der Waals surface area (Å²) >= 11 is 0. The van der Waals surface area contributed by atoms with Crippen LogP contribution in [-0.2, 0) is 9.59 Å². The SMILES string of the molecule is CCC(C)CN1C(=O)C(C)(C2CC2)NC(=O)C1C1CC1. The predicted octanol–water partition coefficient (Wildman–Crippen LogP) is 1.94. The third-order valence-corrected chi connectivity index (χ3v) is 5.36. The summed E-state index contributed by atoms with van der Waals surface area (Å²) in [6, 6.07) is -0.205. The van der Waals surface area contributed by atoms with Gasteiger partial charge in [0.2, 0.25) is 11.8 Å². The van der Waals surface area contributed by atoms with E-state index in [4.69, 9.17) is 0 Å². The van der Waals surface area contributed by atoms with Gasteiger partial charge in [0.15, 0.2) is 0 Å². The molecule has 2 saturated carbocycles. The zero-order valence-corrected chi connectivity index (χ0v) is 12.8. The Balaban J connectivity index is 1.86. The summed E-state index contributed by atoms with van der Waals surface area (Å²) < 4.78 is 0. The molecule has 2 aliphatic carbocycles. The van der Waals surface area contributed by atoms with E-state index >= 15 is 0 Å². The van der Waals surface area contributed by atoms with Gasteiger partial charge in [-0.25, -0.2) is 0 Å². The number of rotatable bonds is 5. The number of carbonyl (C=O) groups excluding carboxylic acids is 2. The maximum Gasteiger partial charge on any atom is 0.249 e. The van der Waals surface area contributed by atoms with Crippen molar-refractivity contribution < 1.29 is 9.59 Å². The molecule has 1 aliphatic heterocycles. The Hall–Kier alpha value is -1.06. The minimum Gasteiger partial charge on any atom is -0.340 e. The lowest BCUT2D eigenvalue weighted by Gasteiger charge is -2.45. The molecule has 1 N–H and O–H groups in total. The summed E-state index contributed by atoms with van der Waals surface area (Å²) in [6.45, 7) is 6.97. The molecule has 3 fully saturated rings. The van der Waals surface area contributed by atoms with E-state index in [0.29, 0.717) is 17.8 Å². The van der Waals surface area contributed by atoms with E-state index in [1.165, 1.54) is 0 Å². The molecule has 4 heteroatoms. The molecule has 0 bridgehead atoms. The summed E-state index contributed by atoms with van der Waals surface area (Å²) in [4.78, 5) is 27.4. The summed E-state index contributed by atoms with van der Waals surface area (Å²) in [7, 11) is 0. The van der Waals surface area contributed by atoms with Gasteiger partial charge in [-0.3, -0.25) is 9.59 Å². The molecule has 4 nitrogen and oxygen atoms in total. The maximum absolute atomic E-state index is 13.0. The van der Waals surface area contributed by atoms with Gasteiger partial charge in [0.05, 0.1) is 0 Å². The van der Waals surface area contributed by atoms with E-state index < -0.39 is 5.54 Å². The lowest BCUT2D eigenvalue weighted by Crippen LogP contribution is -2.71. The van der Waals surface area contributed by atoms with Gasteiger partial charge in [0.1, 0.15) is 11.6 Å². The van der Waals surface area contributed by atoms with Crippen molar-refractivity contribution in [2.24, 2.45) is 17.8 Å². The van der Waals surface area contributed by atoms with Gasteiger partial charge in [-0.05, 0) is 50.4 Å². The zero-order chi connectivity index (χ0) is 14.5. The van der Waals surface area contributed by atoms with Crippen LogP contribution in [0.1, 0.15) is 52.9 Å². The fraction of sp³-hybridized carbons (Fsp3) is 0.875. The topological polar surface area (TPSA) is 49.4 Å². The average Bonchev–Trinajstić information content (AvgIpc) is 3.27. The lowest BCUT2D eigenvalue weighted by molar-refractivity contribution is -0.157. The maximum atomic E-state index is 13.0. The van der Waals surface area contributed by atoms with Crippen LogP contribution in [0.25, 0.3) is 0 Å². The quantitative estimate of drug-likeness (QED) is 0.835. The molecule has 0 aromatic rings. The first-order valence-electron chi connectivity index (χ1n) is 8.10. The van der Waals surface area contributed by atoms with Crippen molar-refractivity contribution in [2.45, 2.75) is 64.5 Å². The van der Waals surface area contributed by atoms with Crippen molar-refractivity contribution in [3.8, 4) is 0 Å². The molecule has 20 heavy (non-hydrogen) atoms. The minimum atomic E-state index is -0.643. The van der Waals surface area contributed by atoms with Crippen molar-refractivity contribution in [3.63, 3.8) is 0 Å². The lowest BCUT2D eigenvalue weighted by atomic mass is 9.87. The highest BCUT2D eigenvalue weighted by Gasteiger charge is 2.57. The molecule has 1 heterocycles. The Labute approximate surface area is 121 Å². The van der Waals surface area contributed by atoms with Gasteiger partial charge < -0.3 is 10.2 Å². The van der Waals surface area contributed by atoms with Gasteiger partial charge in [-0.15, -0.1) is 0 Å². The Morgan fingerprint density at radius 1 is 1.30 bits per heavy atom. The number of hydrogen-bond acceptors (Lipinski definition) is 2. The third kappa shape index (κ3) is 2.23. The molecular weight excluding hydrogens is 252 g/mol. The van der Waals surface area contributed by atoms with Crippen LogP contribution in [0, 0.1) is 17.8 Å². The standard InChI is InChI=1S/C16H26N2O2/c1-4-10(2)9-18-13(11-5-6-11)14(19)17-16(3,15(18)20)12-7-8-12/h10-13H,4-9H2,1-3H3,(H,17,19). The first-order valence-corrected chi connectivity index (χ1v) is 8.10. The van der Waals surface area contributed by atoms with E-state index in [1.807, 2.05) is 11.8 Å². The summed E-state index contributed by atoms with van der Waals surface area (Å²) in [6.07, 6.45) is 5.34. The van der Waals surface area contributed by atoms with Crippen molar-refractivity contribution in [1.82, 2.24) is 10.2 Å². The van der Waals surface area contributed by atoms with Crippen LogP contribution in [-0.4, -0.2) is 34.8 Å². The monoisotopic (exact) mass is 278 g/mol. The molecule has 3 unspecified atom stereocenters. The highest BCUT2D eigenvalue weighted by Crippen LogP contribution is 2.45. The molecule has 1 saturated heterocycles. The fourth-order valence-corrected chi connectivity index (χ4v) is 3.43. The number of carbonyl (C=O) groups is 2. The summed E-state index contributed by atoms with van der Waals surface area (Å²) in [5, 5.41) is 3.07. The molecule has 112 valence electrons. The van der Waals surface area contributed by atoms with E-state index in [1.54, 1.807) is 0 Å². The normalized spacial score (nSPS) is 36.0. The second-order valence-electron chi connectivity index (χ2n) is 7.22. The van der Waals surface area contributed by atoms with E-state index in [0.717, 1.165) is 38.6 Å². The van der Waals surface area contributed by atoms with Crippen molar-refractivity contribution in [3.05, 3.63) is 0 Å². The minimum absolute atomic E-state index is 0.0878. The van der Waals surface area contributed by atoms with Gasteiger partial charge in [0, 0.05) is 6.54 Å². The highest BCUT2D eigenvalue weighted by atomic mass is 16.2. The molecular formula is C16H26N2O2. The second-order valence-corrected chi connectivity index (χ2v) is 7.22. The van der Waals surface area contributed by atoms with Crippen molar-refractivity contribution >= 4 is 11.8 Å². The fourth-order valence-electron chi connectivity index (χ4n) is 3.43. The first-order chi connectivity index (χ1) is 9.47. The number of hydrogen-bond donors (Lipinski definition) is 1.